The molecule has 4 atom stereocenters. The fraction of sp³-hybridized carbons (Fsp3) is 0.364. The van der Waals surface area contributed by atoms with Crippen LogP contribution in [0, 0.1) is 35.8 Å². The van der Waals surface area contributed by atoms with Crippen molar-refractivity contribution in [2.75, 3.05) is 13.2 Å². The Morgan fingerprint density at radius 2 is 1.25 bits per heavy atom. The van der Waals surface area contributed by atoms with Crippen LogP contribution in [0.15, 0.2) is 23.3 Å². The fourth-order valence-electron chi connectivity index (χ4n) is 5.01. The van der Waals surface area contributed by atoms with Crippen molar-refractivity contribution in [3.8, 4) is 12.1 Å². The smallest absolute Gasteiger partial charge is 0.269 e. The first-order chi connectivity index (χ1) is 13.7. The number of hydrogen-bond acceptors (Lipinski definition) is 4. The van der Waals surface area contributed by atoms with Gasteiger partial charge in [-0.25, -0.2) is 20.2 Å². The second-order valence-electron chi connectivity index (χ2n) is 7.37. The first kappa shape index (κ1) is 16.7. The van der Waals surface area contributed by atoms with Gasteiger partial charge in [-0.15, -0.1) is 0 Å². The van der Waals surface area contributed by atoms with Crippen LogP contribution in [-0.2, 0) is 9.47 Å². The maximum absolute atomic E-state index is 9.50. The minimum Gasteiger partial charge on any atom is -0.368 e. The van der Waals surface area contributed by atoms with Crippen molar-refractivity contribution < 1.29 is 9.47 Å². The summed E-state index contributed by atoms with van der Waals surface area (Å²) >= 11 is 0. The van der Waals surface area contributed by atoms with Crippen LogP contribution in [0.4, 0.5) is 0 Å². The molecule has 6 rings (SSSR count). The molecule has 2 saturated heterocycles. The molecule has 2 heterocycles. The van der Waals surface area contributed by atoms with E-state index in [9.17, 15) is 10.5 Å². The molecule has 3 aliphatic carbocycles. The van der Waals surface area contributed by atoms with Crippen molar-refractivity contribution in [2.24, 2.45) is 0 Å². The zero-order valence-corrected chi connectivity index (χ0v) is 14.9. The van der Waals surface area contributed by atoms with E-state index >= 15 is 0 Å². The quantitative estimate of drug-likeness (QED) is 0.454. The van der Waals surface area contributed by atoms with Gasteiger partial charge in [-0.05, 0) is 45.6 Å². The van der Waals surface area contributed by atoms with Crippen LogP contribution < -0.4 is 10.4 Å². The van der Waals surface area contributed by atoms with E-state index in [0.717, 1.165) is 24.0 Å². The number of fused-ring (bicyclic) bond motifs is 1. The summed E-state index contributed by atoms with van der Waals surface area (Å²) in [5, 5.41) is 20.2. The lowest BCUT2D eigenvalue weighted by Crippen LogP contribution is -2.39. The van der Waals surface area contributed by atoms with Gasteiger partial charge in [0.2, 0.25) is 0 Å². The highest BCUT2D eigenvalue weighted by Gasteiger charge is 2.50. The van der Waals surface area contributed by atoms with Crippen LogP contribution >= 0.6 is 0 Å². The van der Waals surface area contributed by atoms with E-state index in [1.165, 1.54) is 11.1 Å². The van der Waals surface area contributed by atoms with Crippen LogP contribution in [0.1, 0.15) is 35.8 Å². The summed E-state index contributed by atoms with van der Waals surface area (Å²) in [5.74, 6) is 0.0786. The third kappa shape index (κ3) is 2.24. The molecule has 0 saturated carbocycles. The lowest BCUT2D eigenvalue weighted by atomic mass is 9.61. The number of rotatable bonds is 2. The van der Waals surface area contributed by atoms with Crippen molar-refractivity contribution in [3.63, 3.8) is 0 Å². The summed E-state index contributed by atoms with van der Waals surface area (Å²) in [5.41, 5.74) is 4.47. The van der Waals surface area contributed by atoms with Crippen LogP contribution in [-0.4, -0.2) is 25.4 Å². The summed E-state index contributed by atoms with van der Waals surface area (Å²) in [6.45, 7) is 16.2. The Hall–Kier alpha value is -3.42. The number of benzene rings is 1. The maximum Gasteiger partial charge on any atom is 0.269 e. The summed E-state index contributed by atoms with van der Waals surface area (Å²) in [7, 11) is 0. The van der Waals surface area contributed by atoms with Crippen molar-refractivity contribution in [2.45, 2.75) is 36.9 Å². The molecule has 0 N–H and O–H groups in total. The monoisotopic (exact) mass is 366 g/mol. The minimum absolute atomic E-state index is 0.0393. The predicted molar refractivity (Wildman–Crippen MR) is 98.2 cm³/mol. The Balaban J connectivity index is 1.93. The molecule has 5 aliphatic rings. The van der Waals surface area contributed by atoms with E-state index in [4.69, 9.17) is 22.6 Å². The molecule has 134 valence electrons. The highest BCUT2D eigenvalue weighted by Crippen LogP contribution is 2.56. The SMILES string of the molecule is [C-]#[N+]/C(C#N)=c1\cc/c(=C(/C#N)[N+]#[C-])c2c1C1CCC2C(C2CO2)=C1C1CO1. The summed E-state index contributed by atoms with van der Waals surface area (Å²) in [4.78, 5) is 6.87. The average Bonchev–Trinajstić information content (AvgIpc) is 3.64. The van der Waals surface area contributed by atoms with Gasteiger partial charge >= 0.3 is 0 Å². The summed E-state index contributed by atoms with van der Waals surface area (Å²) in [6, 6.07) is 7.49. The van der Waals surface area contributed by atoms with Gasteiger partial charge < -0.3 is 9.47 Å². The molecule has 28 heavy (non-hydrogen) atoms. The first-order valence-corrected chi connectivity index (χ1v) is 9.17. The van der Waals surface area contributed by atoms with E-state index in [2.05, 4.69) is 9.69 Å². The zero-order chi connectivity index (χ0) is 19.4. The van der Waals surface area contributed by atoms with Gasteiger partial charge in [-0.1, -0.05) is 12.1 Å². The molecule has 0 aromatic heterocycles. The Morgan fingerprint density at radius 3 is 1.54 bits per heavy atom. The molecule has 4 unspecified atom stereocenters. The lowest BCUT2D eigenvalue weighted by molar-refractivity contribution is 0.370. The normalized spacial score (nSPS) is 30.9. The maximum atomic E-state index is 9.50. The summed E-state index contributed by atoms with van der Waals surface area (Å²) in [6.07, 6.45) is 1.98. The van der Waals surface area contributed by atoms with Gasteiger partial charge in [-0.3, -0.25) is 0 Å². The molecule has 1 aromatic rings. The standard InChI is InChI=1S/C22H14N4O2/c1-25-15(7-23)11-3-4-12(16(8-24)26-2)20-14-6-5-13(19(11)20)21(17-9-27-17)22(14)18-10-28-18/h3-4,13-14,17-18H,5-6,9-10H2/b15-11+,16-12+. The number of nitrogens with zero attached hydrogens (tertiary/aromatic N) is 4. The number of epoxide rings is 2. The molecule has 0 spiro atoms. The second-order valence-corrected chi connectivity index (χ2v) is 7.37. The van der Waals surface area contributed by atoms with Crippen LogP contribution in [0.25, 0.3) is 21.1 Å². The second kappa shape index (κ2) is 6.05. The molecule has 6 heteroatoms. The van der Waals surface area contributed by atoms with Crippen molar-refractivity contribution in [1.29, 1.82) is 10.5 Å². The Kier molecular flexibility index (Phi) is 3.61. The van der Waals surface area contributed by atoms with Crippen LogP contribution in [0.2, 0.25) is 0 Å². The molecule has 0 radical (unpaired) electrons. The zero-order valence-electron chi connectivity index (χ0n) is 14.9. The van der Waals surface area contributed by atoms with E-state index < -0.39 is 0 Å². The lowest BCUT2D eigenvalue weighted by Gasteiger charge is -2.42. The molecule has 1 aromatic carbocycles. The van der Waals surface area contributed by atoms with Gasteiger partial charge in [0.05, 0.1) is 38.5 Å². The largest absolute Gasteiger partial charge is 0.368 e. The molecule has 6 nitrogen and oxygen atoms in total. The van der Waals surface area contributed by atoms with Gasteiger partial charge in [0, 0.05) is 11.8 Å². The molecule has 0 amide bonds. The third-order valence-corrected chi connectivity index (χ3v) is 6.12. The van der Waals surface area contributed by atoms with Crippen molar-refractivity contribution >= 4 is 11.4 Å². The molecular weight excluding hydrogens is 352 g/mol. The molecule has 2 aliphatic heterocycles. The van der Waals surface area contributed by atoms with Gasteiger partial charge in [0.1, 0.15) is 12.2 Å². The number of hydrogen-bond donors (Lipinski definition) is 0. The fourth-order valence-corrected chi connectivity index (χ4v) is 5.01. The van der Waals surface area contributed by atoms with Gasteiger partial charge in [-0.2, -0.15) is 0 Å². The topological polar surface area (TPSA) is 81.4 Å². The van der Waals surface area contributed by atoms with Crippen molar-refractivity contribution in [3.05, 3.63) is 67.7 Å². The van der Waals surface area contributed by atoms with E-state index in [0.29, 0.717) is 23.7 Å². The highest BCUT2D eigenvalue weighted by atomic mass is 16.6. The molecular formula is C22H14N4O2. The van der Waals surface area contributed by atoms with E-state index in [1.807, 2.05) is 12.1 Å². The molecule has 2 bridgehead atoms. The molecule has 2 fully saturated rings. The first-order valence-electron chi connectivity index (χ1n) is 9.17. The summed E-state index contributed by atoms with van der Waals surface area (Å²) < 4.78 is 11.3. The highest BCUT2D eigenvalue weighted by molar-refractivity contribution is 5.73. The Bertz CT molecular complexity index is 1110. The average molecular weight is 366 g/mol. The van der Waals surface area contributed by atoms with Crippen LogP contribution in [0.3, 0.4) is 0 Å². The minimum atomic E-state index is 0.0393. The third-order valence-electron chi connectivity index (χ3n) is 6.12. The predicted octanol–water partition coefficient (Wildman–Crippen LogP) is 1.86. The Morgan fingerprint density at radius 1 is 0.857 bits per heavy atom. The van der Waals surface area contributed by atoms with Crippen LogP contribution in [0.5, 0.6) is 0 Å². The Labute approximate surface area is 161 Å². The van der Waals surface area contributed by atoms with E-state index in [-0.39, 0.29) is 35.4 Å². The van der Waals surface area contributed by atoms with E-state index in [1.54, 1.807) is 12.1 Å². The number of ether oxygens (including phenoxy) is 2. The van der Waals surface area contributed by atoms with Gasteiger partial charge in [0.25, 0.3) is 11.4 Å². The number of nitriles is 2. The van der Waals surface area contributed by atoms with Gasteiger partial charge in [0.15, 0.2) is 0 Å². The van der Waals surface area contributed by atoms with Crippen molar-refractivity contribution in [1.82, 2.24) is 0 Å².